The summed E-state index contributed by atoms with van der Waals surface area (Å²) in [7, 11) is 3.46. The third kappa shape index (κ3) is 3.48. The zero-order chi connectivity index (χ0) is 16.1. The van der Waals surface area contributed by atoms with E-state index >= 15 is 0 Å². The van der Waals surface area contributed by atoms with Crippen LogP contribution in [0.25, 0.3) is 0 Å². The molecule has 0 unspecified atom stereocenters. The Bertz CT molecular complexity index is 707. The van der Waals surface area contributed by atoms with Gasteiger partial charge in [-0.2, -0.15) is 5.10 Å². The molecular weight excluding hydrogens is 286 g/mol. The molecule has 8 heteroatoms. The maximum Gasteiger partial charge on any atom is 0.293 e. The van der Waals surface area contributed by atoms with Crippen molar-refractivity contribution in [2.45, 2.75) is 0 Å². The number of anilines is 1. The number of hydrogen-bond donors (Lipinski definition) is 2. The van der Waals surface area contributed by atoms with E-state index in [2.05, 4.69) is 15.5 Å². The number of nitrogens with zero attached hydrogens (tertiary/aromatic N) is 3. The van der Waals surface area contributed by atoms with E-state index in [0.29, 0.717) is 16.9 Å². The first-order valence-electron chi connectivity index (χ1n) is 6.41. The highest BCUT2D eigenvalue weighted by atomic mass is 16.6. The molecule has 0 spiro atoms. The van der Waals surface area contributed by atoms with Crippen molar-refractivity contribution in [1.82, 2.24) is 10.4 Å². The Morgan fingerprint density at radius 3 is 2.77 bits per heavy atom. The van der Waals surface area contributed by atoms with Crippen molar-refractivity contribution in [3.63, 3.8) is 0 Å². The van der Waals surface area contributed by atoms with Crippen LogP contribution in [0.1, 0.15) is 16.1 Å². The van der Waals surface area contributed by atoms with Gasteiger partial charge in [0.25, 0.3) is 11.6 Å². The maximum absolute atomic E-state index is 11.6. The number of aromatic nitrogens is 1. The van der Waals surface area contributed by atoms with Crippen LogP contribution in [-0.4, -0.2) is 36.1 Å². The number of benzene rings is 1. The topological polar surface area (TPSA) is 104 Å². The van der Waals surface area contributed by atoms with Crippen LogP contribution >= 0.6 is 0 Å². The van der Waals surface area contributed by atoms with E-state index in [1.807, 2.05) is 0 Å². The Balaban J connectivity index is 2.13. The number of nitrogens with one attached hydrogen (secondary N) is 2. The Morgan fingerprint density at radius 1 is 1.41 bits per heavy atom. The van der Waals surface area contributed by atoms with E-state index in [9.17, 15) is 14.9 Å². The quantitative estimate of drug-likeness (QED) is 0.499. The summed E-state index contributed by atoms with van der Waals surface area (Å²) in [5.41, 5.74) is 3.71. The SMILES string of the molecule is CN(C)c1ccc(/C=N\NC(=O)c2ccc[nH]2)cc1[N+](=O)[O-]. The van der Waals surface area contributed by atoms with Gasteiger partial charge in [-0.05, 0) is 18.2 Å². The largest absolute Gasteiger partial charge is 0.372 e. The molecule has 1 amide bonds. The fourth-order valence-electron chi connectivity index (χ4n) is 1.84. The molecule has 1 heterocycles. The number of carbonyl (C=O) groups is 1. The zero-order valence-corrected chi connectivity index (χ0v) is 12.1. The zero-order valence-electron chi connectivity index (χ0n) is 12.1. The smallest absolute Gasteiger partial charge is 0.293 e. The molecule has 0 saturated carbocycles. The summed E-state index contributed by atoms with van der Waals surface area (Å²) in [4.78, 5) is 26.7. The summed E-state index contributed by atoms with van der Waals surface area (Å²) < 4.78 is 0. The molecule has 0 aliphatic heterocycles. The van der Waals surface area contributed by atoms with Crippen molar-refractivity contribution < 1.29 is 9.72 Å². The van der Waals surface area contributed by atoms with Crippen LogP contribution in [0.5, 0.6) is 0 Å². The number of nitro groups is 1. The number of rotatable bonds is 5. The van der Waals surface area contributed by atoms with E-state index in [1.165, 1.54) is 12.3 Å². The highest BCUT2D eigenvalue weighted by Gasteiger charge is 2.15. The molecule has 0 aliphatic rings. The second kappa shape index (κ2) is 6.53. The third-order valence-electron chi connectivity index (χ3n) is 2.90. The van der Waals surface area contributed by atoms with Gasteiger partial charge >= 0.3 is 0 Å². The second-order valence-corrected chi connectivity index (χ2v) is 4.68. The number of carbonyl (C=O) groups excluding carboxylic acids is 1. The van der Waals surface area contributed by atoms with Crippen molar-refractivity contribution in [2.75, 3.05) is 19.0 Å². The van der Waals surface area contributed by atoms with Crippen LogP contribution < -0.4 is 10.3 Å². The monoisotopic (exact) mass is 301 g/mol. The second-order valence-electron chi connectivity index (χ2n) is 4.68. The predicted molar refractivity (Wildman–Crippen MR) is 83.3 cm³/mol. The van der Waals surface area contributed by atoms with Gasteiger partial charge in [-0.25, -0.2) is 5.43 Å². The van der Waals surface area contributed by atoms with Gasteiger partial charge in [-0.15, -0.1) is 0 Å². The lowest BCUT2D eigenvalue weighted by molar-refractivity contribution is -0.384. The summed E-state index contributed by atoms with van der Waals surface area (Å²) in [6.07, 6.45) is 2.98. The van der Waals surface area contributed by atoms with Crippen molar-refractivity contribution >= 4 is 23.5 Å². The minimum absolute atomic E-state index is 0.0235. The van der Waals surface area contributed by atoms with Crippen LogP contribution in [0, 0.1) is 10.1 Å². The predicted octanol–water partition coefficient (Wildman–Crippen LogP) is 1.75. The molecule has 0 fully saturated rings. The average Bonchev–Trinajstić information content (AvgIpc) is 3.01. The molecule has 0 radical (unpaired) electrons. The van der Waals surface area contributed by atoms with Crippen LogP contribution in [0.3, 0.4) is 0 Å². The molecule has 0 atom stereocenters. The van der Waals surface area contributed by atoms with Gasteiger partial charge in [-0.1, -0.05) is 6.07 Å². The molecule has 2 aromatic rings. The fourth-order valence-corrected chi connectivity index (χ4v) is 1.84. The van der Waals surface area contributed by atoms with Gasteiger partial charge in [0.1, 0.15) is 11.4 Å². The Hall–Kier alpha value is -3.16. The summed E-state index contributed by atoms with van der Waals surface area (Å²) >= 11 is 0. The number of H-pyrrole nitrogens is 1. The Morgan fingerprint density at radius 2 is 2.18 bits per heavy atom. The lowest BCUT2D eigenvalue weighted by Crippen LogP contribution is -2.17. The minimum Gasteiger partial charge on any atom is -0.372 e. The number of hydrogen-bond acceptors (Lipinski definition) is 5. The van der Waals surface area contributed by atoms with Gasteiger partial charge in [-0.3, -0.25) is 14.9 Å². The molecule has 2 rings (SSSR count). The van der Waals surface area contributed by atoms with E-state index in [0.717, 1.165) is 0 Å². The maximum atomic E-state index is 11.6. The molecule has 1 aromatic heterocycles. The summed E-state index contributed by atoms with van der Waals surface area (Å²) in [5, 5.41) is 14.9. The summed E-state index contributed by atoms with van der Waals surface area (Å²) in [6.45, 7) is 0. The Labute approximate surface area is 126 Å². The first-order valence-corrected chi connectivity index (χ1v) is 6.41. The van der Waals surface area contributed by atoms with Crippen LogP contribution in [0.2, 0.25) is 0 Å². The van der Waals surface area contributed by atoms with E-state index < -0.39 is 4.92 Å². The minimum atomic E-state index is -0.454. The number of hydrazone groups is 1. The molecule has 0 saturated heterocycles. The molecule has 1 aromatic carbocycles. The first kappa shape index (κ1) is 15.2. The first-order chi connectivity index (χ1) is 10.5. The van der Waals surface area contributed by atoms with Crippen LogP contribution in [0.15, 0.2) is 41.6 Å². The highest BCUT2D eigenvalue weighted by Crippen LogP contribution is 2.27. The summed E-state index contributed by atoms with van der Waals surface area (Å²) in [5.74, 6) is -0.388. The molecule has 8 nitrogen and oxygen atoms in total. The van der Waals surface area contributed by atoms with E-state index in [4.69, 9.17) is 0 Å². The van der Waals surface area contributed by atoms with Crippen molar-refractivity contribution in [3.8, 4) is 0 Å². The lowest BCUT2D eigenvalue weighted by Gasteiger charge is -2.12. The van der Waals surface area contributed by atoms with E-state index in [1.54, 1.807) is 49.5 Å². The van der Waals surface area contributed by atoms with Crippen LogP contribution in [-0.2, 0) is 0 Å². The molecular formula is C14H15N5O3. The standard InChI is InChI=1S/C14H15N5O3/c1-18(2)12-6-5-10(8-13(12)19(21)22)9-16-17-14(20)11-4-3-7-15-11/h3-9,15H,1-2H3,(H,17,20)/b16-9-. The van der Waals surface area contributed by atoms with Gasteiger partial charge < -0.3 is 9.88 Å². The normalized spacial score (nSPS) is 10.6. The average molecular weight is 301 g/mol. The number of aromatic amines is 1. The van der Waals surface area contributed by atoms with Crippen molar-refractivity contribution in [3.05, 3.63) is 57.9 Å². The Kier molecular flexibility index (Phi) is 4.52. The molecule has 0 bridgehead atoms. The van der Waals surface area contributed by atoms with Crippen molar-refractivity contribution in [1.29, 1.82) is 0 Å². The van der Waals surface area contributed by atoms with Gasteiger partial charge in [0.15, 0.2) is 0 Å². The van der Waals surface area contributed by atoms with Crippen molar-refractivity contribution in [2.24, 2.45) is 5.10 Å². The fraction of sp³-hybridized carbons (Fsp3) is 0.143. The van der Waals surface area contributed by atoms with E-state index in [-0.39, 0.29) is 11.6 Å². The number of nitro benzene ring substituents is 1. The van der Waals surface area contributed by atoms with Gasteiger partial charge in [0, 0.05) is 31.9 Å². The molecule has 0 aliphatic carbocycles. The molecule has 22 heavy (non-hydrogen) atoms. The van der Waals surface area contributed by atoms with Gasteiger partial charge in [0.05, 0.1) is 11.1 Å². The highest BCUT2D eigenvalue weighted by molar-refractivity contribution is 5.93. The number of amides is 1. The summed E-state index contributed by atoms with van der Waals surface area (Å²) in [6, 6.07) is 8.03. The lowest BCUT2D eigenvalue weighted by atomic mass is 10.2. The van der Waals surface area contributed by atoms with Crippen LogP contribution in [0.4, 0.5) is 11.4 Å². The molecule has 2 N–H and O–H groups in total. The molecule has 114 valence electrons. The third-order valence-corrected chi connectivity index (χ3v) is 2.90. The van der Waals surface area contributed by atoms with Gasteiger partial charge in [0.2, 0.25) is 0 Å².